The number of nitrogens with one attached hydrogen (secondary N) is 1. The Morgan fingerprint density at radius 1 is 1.17 bits per heavy atom. The molecule has 3 aromatic rings. The van der Waals surface area contributed by atoms with E-state index in [9.17, 15) is 4.39 Å². The molecule has 0 spiro atoms. The van der Waals surface area contributed by atoms with Crippen LogP contribution < -0.4 is 5.32 Å². The molecule has 1 fully saturated rings. The van der Waals surface area contributed by atoms with Crippen LogP contribution >= 0.6 is 11.6 Å². The Bertz CT molecular complexity index is 1000. The molecule has 0 saturated carbocycles. The SMILES string of the molecule is Cc1cc(C)n(-c2ccc(NCC3CCN(C)C3c3ccc(Cl)c(F)c3)nn2)n1. The molecule has 0 radical (unpaired) electrons. The molecule has 1 saturated heterocycles. The van der Waals surface area contributed by atoms with Crippen molar-refractivity contribution in [1.82, 2.24) is 24.9 Å². The third-order valence-electron chi connectivity index (χ3n) is 5.48. The minimum Gasteiger partial charge on any atom is -0.368 e. The highest BCUT2D eigenvalue weighted by atomic mass is 35.5. The summed E-state index contributed by atoms with van der Waals surface area (Å²) in [4.78, 5) is 2.26. The Balaban J connectivity index is 1.45. The van der Waals surface area contributed by atoms with Crippen LogP contribution in [0.4, 0.5) is 10.2 Å². The van der Waals surface area contributed by atoms with E-state index in [0.29, 0.717) is 17.6 Å². The molecule has 4 rings (SSSR count). The van der Waals surface area contributed by atoms with E-state index in [1.165, 1.54) is 0 Å². The van der Waals surface area contributed by atoms with Crippen molar-refractivity contribution in [2.75, 3.05) is 25.5 Å². The van der Waals surface area contributed by atoms with Gasteiger partial charge in [0, 0.05) is 18.3 Å². The quantitative estimate of drug-likeness (QED) is 0.678. The highest BCUT2D eigenvalue weighted by Gasteiger charge is 2.33. The fraction of sp³-hybridized carbons (Fsp3) is 0.381. The van der Waals surface area contributed by atoms with Gasteiger partial charge in [0.1, 0.15) is 11.6 Å². The van der Waals surface area contributed by atoms with Gasteiger partial charge in [-0.1, -0.05) is 17.7 Å². The lowest BCUT2D eigenvalue weighted by Crippen LogP contribution is -2.25. The summed E-state index contributed by atoms with van der Waals surface area (Å²) in [7, 11) is 2.07. The number of hydrogen-bond donors (Lipinski definition) is 1. The Hall–Kier alpha value is -2.51. The number of anilines is 1. The van der Waals surface area contributed by atoms with Crippen LogP contribution in [0.3, 0.4) is 0 Å². The predicted molar refractivity (Wildman–Crippen MR) is 112 cm³/mol. The van der Waals surface area contributed by atoms with Gasteiger partial charge in [0.15, 0.2) is 5.82 Å². The van der Waals surface area contributed by atoms with Crippen LogP contribution in [0.25, 0.3) is 5.82 Å². The lowest BCUT2D eigenvalue weighted by molar-refractivity contribution is 0.281. The first-order chi connectivity index (χ1) is 13.9. The van der Waals surface area contributed by atoms with Gasteiger partial charge in [0.2, 0.25) is 0 Å². The number of halogens is 2. The fourth-order valence-corrected chi connectivity index (χ4v) is 4.21. The zero-order chi connectivity index (χ0) is 20.5. The number of rotatable bonds is 5. The van der Waals surface area contributed by atoms with E-state index in [0.717, 1.165) is 36.5 Å². The summed E-state index contributed by atoms with van der Waals surface area (Å²) in [6.45, 7) is 5.63. The molecule has 2 aromatic heterocycles. The second-order valence-corrected chi connectivity index (χ2v) is 8.05. The van der Waals surface area contributed by atoms with E-state index in [2.05, 4.69) is 32.6 Å². The molecular formula is C21H24ClFN6. The molecule has 0 amide bonds. The van der Waals surface area contributed by atoms with Gasteiger partial charge in [-0.3, -0.25) is 4.90 Å². The normalized spacial score (nSPS) is 19.6. The minimum absolute atomic E-state index is 0.135. The smallest absolute Gasteiger partial charge is 0.176 e. The molecule has 1 aliphatic rings. The summed E-state index contributed by atoms with van der Waals surface area (Å²) in [5, 5.41) is 16.6. The summed E-state index contributed by atoms with van der Waals surface area (Å²) in [5.74, 6) is 1.36. The third kappa shape index (κ3) is 4.11. The van der Waals surface area contributed by atoms with Gasteiger partial charge in [-0.05, 0) is 75.7 Å². The van der Waals surface area contributed by atoms with Crippen LogP contribution in [-0.4, -0.2) is 45.0 Å². The Morgan fingerprint density at radius 3 is 2.66 bits per heavy atom. The zero-order valence-electron chi connectivity index (χ0n) is 16.7. The van der Waals surface area contributed by atoms with Crippen molar-refractivity contribution in [3.63, 3.8) is 0 Å². The van der Waals surface area contributed by atoms with Crippen molar-refractivity contribution < 1.29 is 4.39 Å². The molecule has 6 nitrogen and oxygen atoms in total. The van der Waals surface area contributed by atoms with Gasteiger partial charge in [-0.2, -0.15) is 5.10 Å². The molecule has 29 heavy (non-hydrogen) atoms. The number of aromatic nitrogens is 4. The number of hydrogen-bond acceptors (Lipinski definition) is 5. The Morgan fingerprint density at radius 2 is 2.00 bits per heavy atom. The van der Waals surface area contributed by atoms with E-state index in [1.54, 1.807) is 16.8 Å². The maximum atomic E-state index is 14.0. The van der Waals surface area contributed by atoms with Crippen molar-refractivity contribution in [3.8, 4) is 5.82 Å². The molecule has 152 valence electrons. The Kier molecular flexibility index (Phi) is 5.52. The van der Waals surface area contributed by atoms with E-state index in [-0.39, 0.29) is 16.9 Å². The van der Waals surface area contributed by atoms with Gasteiger partial charge >= 0.3 is 0 Å². The summed E-state index contributed by atoms with van der Waals surface area (Å²) < 4.78 is 15.7. The zero-order valence-corrected chi connectivity index (χ0v) is 17.5. The van der Waals surface area contributed by atoms with Crippen LogP contribution in [0.15, 0.2) is 36.4 Å². The summed E-state index contributed by atoms with van der Waals surface area (Å²) in [5.41, 5.74) is 2.91. The summed E-state index contributed by atoms with van der Waals surface area (Å²) in [6.07, 6.45) is 1.02. The van der Waals surface area contributed by atoms with Gasteiger partial charge < -0.3 is 5.32 Å². The lowest BCUT2D eigenvalue weighted by Gasteiger charge is -2.26. The van der Waals surface area contributed by atoms with Crippen molar-refractivity contribution in [1.29, 1.82) is 0 Å². The minimum atomic E-state index is -0.373. The van der Waals surface area contributed by atoms with Crippen molar-refractivity contribution in [2.45, 2.75) is 26.3 Å². The number of aryl methyl sites for hydroxylation is 2. The Labute approximate surface area is 174 Å². The molecule has 2 atom stereocenters. The van der Waals surface area contributed by atoms with Gasteiger partial charge in [-0.15, -0.1) is 10.2 Å². The van der Waals surface area contributed by atoms with E-state index >= 15 is 0 Å². The largest absolute Gasteiger partial charge is 0.368 e. The van der Waals surface area contributed by atoms with Gasteiger partial charge in [-0.25, -0.2) is 9.07 Å². The van der Waals surface area contributed by atoms with Crippen LogP contribution in [0.2, 0.25) is 5.02 Å². The maximum absolute atomic E-state index is 14.0. The van der Waals surface area contributed by atoms with E-state index in [1.807, 2.05) is 38.1 Å². The first-order valence-corrected chi connectivity index (χ1v) is 10.1. The van der Waals surface area contributed by atoms with E-state index < -0.39 is 0 Å². The first-order valence-electron chi connectivity index (χ1n) is 9.69. The molecule has 1 aromatic carbocycles. The highest BCUT2D eigenvalue weighted by molar-refractivity contribution is 6.30. The number of likely N-dealkylation sites (tertiary alicyclic amines) is 1. The molecule has 2 unspecified atom stereocenters. The molecule has 0 bridgehead atoms. The molecule has 1 N–H and O–H groups in total. The average molecular weight is 415 g/mol. The predicted octanol–water partition coefficient (Wildman–Crippen LogP) is 4.18. The second-order valence-electron chi connectivity index (χ2n) is 7.64. The third-order valence-corrected chi connectivity index (χ3v) is 5.79. The molecule has 1 aliphatic heterocycles. The van der Waals surface area contributed by atoms with Crippen molar-refractivity contribution in [2.24, 2.45) is 5.92 Å². The molecule has 8 heteroatoms. The highest BCUT2D eigenvalue weighted by Crippen LogP contribution is 2.37. The molecular weight excluding hydrogens is 391 g/mol. The maximum Gasteiger partial charge on any atom is 0.176 e. The van der Waals surface area contributed by atoms with Crippen LogP contribution in [0.5, 0.6) is 0 Å². The number of nitrogens with zero attached hydrogens (tertiary/aromatic N) is 5. The molecule has 0 aliphatic carbocycles. The lowest BCUT2D eigenvalue weighted by atomic mass is 9.93. The first kappa shape index (κ1) is 19.8. The van der Waals surface area contributed by atoms with Crippen LogP contribution in [-0.2, 0) is 0 Å². The van der Waals surface area contributed by atoms with Crippen molar-refractivity contribution >= 4 is 17.4 Å². The monoisotopic (exact) mass is 414 g/mol. The summed E-state index contributed by atoms with van der Waals surface area (Å²) >= 11 is 5.85. The van der Waals surface area contributed by atoms with Gasteiger partial charge in [0.05, 0.1) is 10.7 Å². The topological polar surface area (TPSA) is 58.9 Å². The van der Waals surface area contributed by atoms with Crippen LogP contribution in [0, 0.1) is 25.6 Å². The molecule has 3 heterocycles. The standard InChI is InChI=1S/C21H24ClFN6/c1-13-10-14(2)29(27-13)20-7-6-19(25-26-20)24-12-16-8-9-28(3)21(16)15-4-5-17(22)18(23)11-15/h4-7,10-11,16,21H,8-9,12H2,1-3H3,(H,24,25). The van der Waals surface area contributed by atoms with E-state index in [4.69, 9.17) is 11.6 Å². The van der Waals surface area contributed by atoms with Gasteiger partial charge in [0.25, 0.3) is 0 Å². The fourth-order valence-electron chi connectivity index (χ4n) is 4.09. The van der Waals surface area contributed by atoms with Crippen molar-refractivity contribution in [3.05, 3.63) is 64.2 Å². The van der Waals surface area contributed by atoms with Crippen LogP contribution in [0.1, 0.15) is 29.4 Å². The average Bonchev–Trinajstić information content (AvgIpc) is 3.24. The summed E-state index contributed by atoms with van der Waals surface area (Å²) in [6, 6.07) is 11.0. The second kappa shape index (κ2) is 8.08. The number of benzene rings is 1.